The quantitative estimate of drug-likeness (QED) is 0.507. The summed E-state index contributed by atoms with van der Waals surface area (Å²) in [7, 11) is 2.89. The van der Waals surface area contributed by atoms with Crippen molar-refractivity contribution in [1.29, 1.82) is 0 Å². The van der Waals surface area contributed by atoms with Crippen LogP contribution in [0.3, 0.4) is 0 Å². The Morgan fingerprint density at radius 3 is 1.58 bits per heavy atom. The van der Waals surface area contributed by atoms with E-state index in [0.717, 1.165) is 23.0 Å². The molecule has 1 heterocycles. The van der Waals surface area contributed by atoms with E-state index >= 15 is 0 Å². The molecule has 140 valence electrons. The Bertz CT molecular complexity index is 350. The van der Waals surface area contributed by atoms with E-state index in [0.29, 0.717) is 10.5 Å². The Labute approximate surface area is 162 Å². The number of thioether (sulfide) groups is 4. The number of rotatable bonds is 10. The lowest BCUT2D eigenvalue weighted by Crippen LogP contribution is -2.26. The summed E-state index contributed by atoms with van der Waals surface area (Å²) >= 11 is 7.79. The first kappa shape index (κ1) is 22.4. The van der Waals surface area contributed by atoms with Gasteiger partial charge in [0, 0.05) is 45.0 Å². The number of hydrogen-bond acceptors (Lipinski definition) is 8. The van der Waals surface area contributed by atoms with Gasteiger partial charge < -0.3 is 9.47 Å². The monoisotopic (exact) mass is 412 g/mol. The zero-order valence-corrected chi connectivity index (χ0v) is 18.1. The molecule has 0 N–H and O–H groups in total. The van der Waals surface area contributed by atoms with Crippen molar-refractivity contribution in [2.24, 2.45) is 11.8 Å². The SMILES string of the molecule is COC(=O)C(C)CSCC1CSC(CSCC(C)C(=O)OC)CS1. The normalized spacial score (nSPS) is 23.3. The minimum absolute atomic E-state index is 0.0257. The highest BCUT2D eigenvalue weighted by atomic mass is 32.2. The number of methoxy groups -OCH3 is 2. The number of ether oxygens (including phenoxy) is 2. The second-order valence-corrected chi connectivity index (χ2v) is 10.7. The molecule has 4 atom stereocenters. The average Bonchev–Trinajstić information content (AvgIpc) is 2.61. The maximum atomic E-state index is 11.4. The van der Waals surface area contributed by atoms with Crippen LogP contribution in [0.5, 0.6) is 0 Å². The molecular weight excluding hydrogens is 384 g/mol. The zero-order chi connectivity index (χ0) is 17.9. The van der Waals surface area contributed by atoms with Crippen LogP contribution in [0.2, 0.25) is 0 Å². The average molecular weight is 413 g/mol. The van der Waals surface area contributed by atoms with Crippen molar-refractivity contribution in [2.45, 2.75) is 24.3 Å². The number of hydrogen-bond donors (Lipinski definition) is 0. The van der Waals surface area contributed by atoms with Gasteiger partial charge in [-0.2, -0.15) is 47.0 Å². The Kier molecular flexibility index (Phi) is 11.8. The van der Waals surface area contributed by atoms with Gasteiger partial charge >= 0.3 is 11.9 Å². The molecule has 1 fully saturated rings. The van der Waals surface area contributed by atoms with E-state index in [1.165, 1.54) is 25.7 Å². The summed E-state index contributed by atoms with van der Waals surface area (Å²) in [5.41, 5.74) is 0. The summed E-state index contributed by atoms with van der Waals surface area (Å²) in [5.74, 6) is 5.90. The molecule has 0 aromatic rings. The molecule has 1 saturated heterocycles. The fourth-order valence-corrected chi connectivity index (χ4v) is 8.18. The standard InChI is InChI=1S/C16H28O4S4/c1-11(15(17)19-3)5-21-7-13-9-24-14(10-23-13)8-22-6-12(2)16(18)20-4/h11-14H,5-10H2,1-4H3. The highest BCUT2D eigenvalue weighted by Crippen LogP contribution is 2.33. The van der Waals surface area contributed by atoms with Gasteiger partial charge in [-0.3, -0.25) is 9.59 Å². The molecule has 0 aromatic carbocycles. The van der Waals surface area contributed by atoms with Crippen molar-refractivity contribution in [3.63, 3.8) is 0 Å². The van der Waals surface area contributed by atoms with Crippen LogP contribution < -0.4 is 0 Å². The summed E-state index contributed by atoms with van der Waals surface area (Å²) < 4.78 is 9.50. The Balaban J connectivity index is 2.09. The maximum Gasteiger partial charge on any atom is 0.309 e. The van der Waals surface area contributed by atoms with Crippen molar-refractivity contribution >= 4 is 59.0 Å². The zero-order valence-electron chi connectivity index (χ0n) is 14.8. The number of carbonyl (C=O) groups is 2. The molecule has 8 heteroatoms. The van der Waals surface area contributed by atoms with Gasteiger partial charge in [0.25, 0.3) is 0 Å². The van der Waals surface area contributed by atoms with E-state index in [9.17, 15) is 9.59 Å². The van der Waals surface area contributed by atoms with Crippen molar-refractivity contribution in [2.75, 3.05) is 48.7 Å². The smallest absolute Gasteiger partial charge is 0.309 e. The van der Waals surface area contributed by atoms with Crippen LogP contribution in [-0.4, -0.2) is 71.2 Å². The molecule has 4 unspecified atom stereocenters. The van der Waals surface area contributed by atoms with E-state index in [-0.39, 0.29) is 23.8 Å². The molecule has 0 radical (unpaired) electrons. The summed E-state index contributed by atoms with van der Waals surface area (Å²) in [6.45, 7) is 3.84. The lowest BCUT2D eigenvalue weighted by atomic mass is 10.2. The van der Waals surface area contributed by atoms with Crippen LogP contribution in [0, 0.1) is 11.8 Å². The molecular formula is C16H28O4S4. The lowest BCUT2D eigenvalue weighted by molar-refractivity contribution is -0.144. The number of esters is 2. The first-order valence-corrected chi connectivity index (χ1v) is 12.4. The molecule has 1 rings (SSSR count). The van der Waals surface area contributed by atoms with Crippen LogP contribution in [0.25, 0.3) is 0 Å². The Morgan fingerprint density at radius 1 is 0.917 bits per heavy atom. The van der Waals surface area contributed by atoms with E-state index in [1.54, 1.807) is 0 Å². The van der Waals surface area contributed by atoms with Crippen molar-refractivity contribution in [3.05, 3.63) is 0 Å². The van der Waals surface area contributed by atoms with Crippen LogP contribution in [0.1, 0.15) is 13.8 Å². The van der Waals surface area contributed by atoms with Crippen LogP contribution in [0.15, 0.2) is 0 Å². The summed E-state index contributed by atoms with van der Waals surface area (Å²) in [6.07, 6.45) is 0. The topological polar surface area (TPSA) is 52.6 Å². The molecule has 1 aliphatic heterocycles. The Hall–Kier alpha value is 0.340. The third kappa shape index (κ3) is 8.63. The molecule has 0 aromatic heterocycles. The second kappa shape index (κ2) is 12.7. The third-order valence-corrected chi connectivity index (χ3v) is 9.98. The molecule has 0 saturated carbocycles. The fraction of sp³-hybridized carbons (Fsp3) is 0.875. The minimum atomic E-state index is -0.119. The van der Waals surface area contributed by atoms with Gasteiger partial charge in [-0.1, -0.05) is 13.8 Å². The predicted molar refractivity (Wildman–Crippen MR) is 110 cm³/mol. The molecule has 24 heavy (non-hydrogen) atoms. The fourth-order valence-electron chi connectivity index (χ4n) is 2.07. The van der Waals surface area contributed by atoms with Gasteiger partial charge in [-0.15, -0.1) is 0 Å². The molecule has 1 aliphatic rings. The van der Waals surface area contributed by atoms with E-state index in [1.807, 2.05) is 60.9 Å². The number of carbonyl (C=O) groups excluding carboxylic acids is 2. The highest BCUT2D eigenvalue weighted by molar-refractivity contribution is 8.09. The van der Waals surface area contributed by atoms with Gasteiger partial charge in [-0.05, 0) is 0 Å². The lowest BCUT2D eigenvalue weighted by Gasteiger charge is -2.27. The molecule has 0 aliphatic carbocycles. The van der Waals surface area contributed by atoms with Crippen molar-refractivity contribution in [3.8, 4) is 0 Å². The molecule has 0 amide bonds. The van der Waals surface area contributed by atoms with Gasteiger partial charge in [0.1, 0.15) is 0 Å². The summed E-state index contributed by atoms with van der Waals surface area (Å²) in [6, 6.07) is 0. The summed E-state index contributed by atoms with van der Waals surface area (Å²) in [4.78, 5) is 22.7. The van der Waals surface area contributed by atoms with Crippen LogP contribution in [0.4, 0.5) is 0 Å². The maximum absolute atomic E-state index is 11.4. The van der Waals surface area contributed by atoms with Gasteiger partial charge in [-0.25, -0.2) is 0 Å². The first-order chi connectivity index (χ1) is 11.5. The second-order valence-electron chi connectivity index (χ2n) is 5.83. The van der Waals surface area contributed by atoms with E-state index < -0.39 is 0 Å². The third-order valence-electron chi connectivity index (χ3n) is 3.59. The molecule has 4 nitrogen and oxygen atoms in total. The van der Waals surface area contributed by atoms with E-state index in [4.69, 9.17) is 9.47 Å². The highest BCUT2D eigenvalue weighted by Gasteiger charge is 2.23. The van der Waals surface area contributed by atoms with Crippen LogP contribution >= 0.6 is 47.0 Å². The van der Waals surface area contributed by atoms with Gasteiger partial charge in [0.15, 0.2) is 0 Å². The molecule has 0 bridgehead atoms. The largest absolute Gasteiger partial charge is 0.469 e. The molecule has 0 spiro atoms. The van der Waals surface area contributed by atoms with E-state index in [2.05, 4.69) is 0 Å². The van der Waals surface area contributed by atoms with Crippen molar-refractivity contribution in [1.82, 2.24) is 0 Å². The van der Waals surface area contributed by atoms with Gasteiger partial charge in [0.2, 0.25) is 0 Å². The minimum Gasteiger partial charge on any atom is -0.469 e. The first-order valence-electron chi connectivity index (χ1n) is 8.02. The summed E-state index contributed by atoms with van der Waals surface area (Å²) in [5, 5.41) is 1.33. The van der Waals surface area contributed by atoms with Crippen molar-refractivity contribution < 1.29 is 19.1 Å². The van der Waals surface area contributed by atoms with Gasteiger partial charge in [0.05, 0.1) is 26.1 Å². The Morgan fingerprint density at radius 2 is 1.29 bits per heavy atom. The van der Waals surface area contributed by atoms with Crippen LogP contribution in [-0.2, 0) is 19.1 Å². The predicted octanol–water partition coefficient (Wildman–Crippen LogP) is 3.29.